The third-order valence-electron chi connectivity index (χ3n) is 2.47. The quantitative estimate of drug-likeness (QED) is 0.771. The Kier molecular flexibility index (Phi) is 5.43. The summed E-state index contributed by atoms with van der Waals surface area (Å²) in [6, 6.07) is 1.51. The van der Waals surface area contributed by atoms with Crippen LogP contribution in [0, 0.1) is 11.6 Å². The Morgan fingerprint density at radius 3 is 1.54 bits per heavy atom. The van der Waals surface area contributed by atoms with Crippen LogP contribution in [-0.4, -0.2) is 23.4 Å². The van der Waals surface area contributed by atoms with Gasteiger partial charge in [-0.15, -0.1) is 0 Å². The van der Waals surface area contributed by atoms with E-state index in [1.807, 2.05) is 0 Å². The maximum absolute atomic E-state index is 13.7. The van der Waals surface area contributed by atoms with Crippen LogP contribution in [0.1, 0.15) is 41.5 Å². The molecule has 1 aromatic carbocycles. The molecule has 0 aliphatic heterocycles. The van der Waals surface area contributed by atoms with Crippen LogP contribution in [-0.2, 0) is 9.47 Å². The molecule has 6 nitrogen and oxygen atoms in total. The molecule has 2 N–H and O–H groups in total. The number of amides is 2. The number of hydrogen-bond donors (Lipinski definition) is 1. The monoisotopic (exact) mass is 344 g/mol. The number of nitrogens with two attached hydrogens (primary N) is 1. The summed E-state index contributed by atoms with van der Waals surface area (Å²) >= 11 is 0. The third kappa shape index (κ3) is 5.36. The van der Waals surface area contributed by atoms with E-state index in [2.05, 4.69) is 0 Å². The summed E-state index contributed by atoms with van der Waals surface area (Å²) in [6.07, 6.45) is -2.25. The fourth-order valence-corrected chi connectivity index (χ4v) is 1.60. The lowest BCUT2D eigenvalue weighted by molar-refractivity contribution is 0.0430. The van der Waals surface area contributed by atoms with E-state index in [9.17, 15) is 18.4 Å². The first-order valence-electron chi connectivity index (χ1n) is 7.22. The number of anilines is 2. The number of imide groups is 1. The van der Waals surface area contributed by atoms with Crippen molar-refractivity contribution in [3.63, 3.8) is 0 Å². The van der Waals surface area contributed by atoms with Crippen molar-refractivity contribution in [2.75, 3.05) is 10.6 Å². The van der Waals surface area contributed by atoms with Gasteiger partial charge in [0.05, 0.1) is 5.69 Å². The number of ether oxygens (including phenoxy) is 2. The minimum atomic E-state index is -1.12. The molecule has 0 saturated carbocycles. The van der Waals surface area contributed by atoms with Gasteiger partial charge in [-0.1, -0.05) is 0 Å². The van der Waals surface area contributed by atoms with Gasteiger partial charge in [-0.25, -0.2) is 18.4 Å². The fourth-order valence-electron chi connectivity index (χ4n) is 1.60. The first-order valence-corrected chi connectivity index (χ1v) is 7.22. The summed E-state index contributed by atoms with van der Waals surface area (Å²) in [5.41, 5.74) is 2.25. The van der Waals surface area contributed by atoms with E-state index in [-0.39, 0.29) is 5.69 Å². The van der Waals surface area contributed by atoms with Crippen molar-refractivity contribution >= 4 is 23.6 Å². The maximum atomic E-state index is 13.7. The van der Waals surface area contributed by atoms with Crippen LogP contribution in [0.2, 0.25) is 0 Å². The van der Waals surface area contributed by atoms with E-state index in [4.69, 9.17) is 15.2 Å². The molecule has 0 atom stereocenters. The van der Waals surface area contributed by atoms with E-state index >= 15 is 0 Å². The molecule has 0 radical (unpaired) electrons. The molecule has 0 aliphatic carbocycles. The number of halogens is 2. The number of benzene rings is 1. The molecule has 2 amide bonds. The van der Waals surface area contributed by atoms with Gasteiger partial charge in [-0.05, 0) is 41.5 Å². The Labute approximate surface area is 139 Å². The van der Waals surface area contributed by atoms with E-state index in [1.165, 1.54) is 0 Å². The van der Waals surface area contributed by atoms with E-state index in [0.29, 0.717) is 4.90 Å². The average Bonchev–Trinajstić information content (AvgIpc) is 2.31. The zero-order valence-electron chi connectivity index (χ0n) is 14.6. The summed E-state index contributed by atoms with van der Waals surface area (Å²) < 4.78 is 37.6. The molecule has 0 spiro atoms. The number of nitrogens with zero attached hydrogens (tertiary/aromatic N) is 1. The van der Waals surface area contributed by atoms with Gasteiger partial charge in [0.25, 0.3) is 0 Å². The van der Waals surface area contributed by atoms with Crippen molar-refractivity contribution in [3.05, 3.63) is 23.8 Å². The SMILES string of the molecule is CC(C)(C)OC(=O)N(C(=O)OC(C)(C)C)c1cc(F)c(N)c(F)c1. The van der Waals surface area contributed by atoms with Crippen LogP contribution < -0.4 is 10.6 Å². The molecule has 1 rings (SSSR count). The van der Waals surface area contributed by atoms with Gasteiger partial charge in [0.15, 0.2) is 11.6 Å². The predicted molar refractivity (Wildman–Crippen MR) is 85.7 cm³/mol. The minimum Gasteiger partial charge on any atom is -0.443 e. The lowest BCUT2D eigenvalue weighted by Gasteiger charge is -2.28. The molecular formula is C16H22F2N2O4. The molecule has 24 heavy (non-hydrogen) atoms. The van der Waals surface area contributed by atoms with Gasteiger partial charge in [0.1, 0.15) is 16.9 Å². The van der Waals surface area contributed by atoms with Gasteiger partial charge >= 0.3 is 12.2 Å². The second-order valence-electron chi connectivity index (χ2n) is 7.12. The Bertz CT molecular complexity index is 597. The summed E-state index contributed by atoms with van der Waals surface area (Å²) in [7, 11) is 0. The molecule has 0 saturated heterocycles. The van der Waals surface area contributed by atoms with E-state index in [0.717, 1.165) is 12.1 Å². The van der Waals surface area contributed by atoms with Crippen molar-refractivity contribution in [3.8, 4) is 0 Å². The minimum absolute atomic E-state index is 0.386. The molecule has 8 heteroatoms. The molecule has 0 bridgehead atoms. The predicted octanol–water partition coefficient (Wildman–Crippen LogP) is 4.22. The molecule has 1 aromatic rings. The van der Waals surface area contributed by atoms with Crippen LogP contribution >= 0.6 is 0 Å². The zero-order chi connectivity index (χ0) is 18.9. The maximum Gasteiger partial charge on any atom is 0.424 e. The Morgan fingerprint density at radius 1 is 0.917 bits per heavy atom. The summed E-state index contributed by atoms with van der Waals surface area (Å²) in [5, 5.41) is 0. The highest BCUT2D eigenvalue weighted by atomic mass is 19.1. The Morgan fingerprint density at radius 2 is 1.25 bits per heavy atom. The normalized spacial score (nSPS) is 11.8. The average molecular weight is 344 g/mol. The largest absolute Gasteiger partial charge is 0.443 e. The number of rotatable bonds is 1. The van der Waals surface area contributed by atoms with E-state index < -0.39 is 40.7 Å². The highest BCUT2D eigenvalue weighted by Gasteiger charge is 2.33. The second-order valence-corrected chi connectivity index (χ2v) is 7.12. The molecular weight excluding hydrogens is 322 g/mol. The molecule has 0 heterocycles. The smallest absolute Gasteiger partial charge is 0.424 e. The lowest BCUT2D eigenvalue weighted by Crippen LogP contribution is -2.44. The van der Waals surface area contributed by atoms with Crippen molar-refractivity contribution in [1.82, 2.24) is 0 Å². The van der Waals surface area contributed by atoms with Gasteiger partial charge < -0.3 is 15.2 Å². The van der Waals surface area contributed by atoms with Crippen molar-refractivity contribution in [2.24, 2.45) is 0 Å². The Balaban J connectivity index is 3.33. The van der Waals surface area contributed by atoms with Crippen LogP contribution in [0.3, 0.4) is 0 Å². The summed E-state index contributed by atoms with van der Waals surface area (Å²) in [5.74, 6) is -2.22. The summed E-state index contributed by atoms with van der Waals surface area (Å²) in [6.45, 7) is 9.51. The standard InChI is InChI=1S/C16H22F2N2O4/c1-15(2,3)23-13(21)20(14(22)24-16(4,5)6)9-7-10(17)12(19)11(18)8-9/h7-8H,19H2,1-6H3. The van der Waals surface area contributed by atoms with Crippen LogP contribution in [0.15, 0.2) is 12.1 Å². The lowest BCUT2D eigenvalue weighted by atomic mass is 10.2. The topological polar surface area (TPSA) is 81.9 Å². The van der Waals surface area contributed by atoms with Crippen molar-refractivity contribution in [1.29, 1.82) is 0 Å². The molecule has 134 valence electrons. The van der Waals surface area contributed by atoms with Crippen molar-refractivity contribution < 1.29 is 27.8 Å². The first kappa shape index (κ1) is 19.7. The molecule has 0 fully saturated rings. The molecule has 0 unspecified atom stereocenters. The number of carbonyl (C=O) groups is 2. The highest BCUT2D eigenvalue weighted by Crippen LogP contribution is 2.26. The third-order valence-corrected chi connectivity index (χ3v) is 2.47. The molecule has 0 aromatic heterocycles. The number of carbonyl (C=O) groups excluding carboxylic acids is 2. The van der Waals surface area contributed by atoms with Crippen LogP contribution in [0.5, 0.6) is 0 Å². The van der Waals surface area contributed by atoms with Gasteiger partial charge in [0.2, 0.25) is 0 Å². The molecule has 0 aliphatic rings. The first-order chi connectivity index (χ1) is 10.7. The highest BCUT2D eigenvalue weighted by molar-refractivity contribution is 6.09. The Hall–Kier alpha value is -2.38. The van der Waals surface area contributed by atoms with Crippen LogP contribution in [0.4, 0.5) is 29.7 Å². The fraction of sp³-hybridized carbons (Fsp3) is 0.500. The van der Waals surface area contributed by atoms with Gasteiger partial charge in [0, 0.05) is 12.1 Å². The van der Waals surface area contributed by atoms with E-state index in [1.54, 1.807) is 41.5 Å². The van der Waals surface area contributed by atoms with Gasteiger partial charge in [-0.3, -0.25) is 0 Å². The van der Waals surface area contributed by atoms with Crippen LogP contribution in [0.25, 0.3) is 0 Å². The van der Waals surface area contributed by atoms with Gasteiger partial charge in [-0.2, -0.15) is 4.90 Å². The summed E-state index contributed by atoms with van der Waals surface area (Å²) in [4.78, 5) is 25.1. The number of nitrogen functional groups attached to an aromatic ring is 1. The van der Waals surface area contributed by atoms with Crippen molar-refractivity contribution in [2.45, 2.75) is 52.7 Å². The number of hydrogen-bond acceptors (Lipinski definition) is 5. The zero-order valence-corrected chi connectivity index (χ0v) is 14.6. The second kappa shape index (κ2) is 6.62.